The number of hydrogen-bond acceptors (Lipinski definition) is 4. The number of carbonyl (C=O) groups is 1. The van der Waals surface area contributed by atoms with Gasteiger partial charge in [-0.25, -0.2) is 15.0 Å². The zero-order valence-electron chi connectivity index (χ0n) is 9.28. The number of carbonyl (C=O) groups excluding carboxylic acids is 1. The number of piperidine rings is 1. The molecule has 5 nitrogen and oxygen atoms in total. The van der Waals surface area contributed by atoms with Crippen LogP contribution in [0.1, 0.15) is 6.42 Å². The third-order valence-corrected chi connectivity index (χ3v) is 3.12. The van der Waals surface area contributed by atoms with Crippen LogP contribution in [0.5, 0.6) is 0 Å². The second-order valence-corrected chi connectivity index (χ2v) is 4.15. The largest absolute Gasteiger partial charge is 0.351 e. The Morgan fingerprint density at radius 1 is 1.35 bits per heavy atom. The molecule has 86 valence electrons. The fraction of sp³-hybridized carbons (Fsp3) is 0.333. The molecule has 1 aromatic heterocycles. The summed E-state index contributed by atoms with van der Waals surface area (Å²) in [5, 5.41) is 0. The third-order valence-electron chi connectivity index (χ3n) is 3.12. The molecule has 3 heterocycles. The molecule has 0 saturated carbocycles. The molecule has 1 fully saturated rings. The minimum absolute atomic E-state index is 0.0596. The highest BCUT2D eigenvalue weighted by atomic mass is 16.1. The van der Waals surface area contributed by atoms with Crippen molar-refractivity contribution >= 4 is 23.8 Å². The van der Waals surface area contributed by atoms with Crippen molar-refractivity contribution in [2.75, 3.05) is 18.0 Å². The molecule has 1 amide bonds. The van der Waals surface area contributed by atoms with Gasteiger partial charge >= 0.3 is 0 Å². The van der Waals surface area contributed by atoms with Crippen LogP contribution in [-0.2, 0) is 4.79 Å². The third kappa shape index (κ3) is 1.84. The first-order chi connectivity index (χ1) is 8.34. The Morgan fingerprint density at radius 2 is 2.29 bits per heavy atom. The summed E-state index contributed by atoms with van der Waals surface area (Å²) in [6, 6.07) is 5.83. The summed E-state index contributed by atoms with van der Waals surface area (Å²) in [6.07, 6.45) is 3.90. The molecule has 0 N–H and O–H groups in total. The van der Waals surface area contributed by atoms with Crippen LogP contribution in [0, 0.1) is 5.92 Å². The zero-order valence-corrected chi connectivity index (χ0v) is 9.28. The first kappa shape index (κ1) is 10.1. The minimum Gasteiger partial charge on any atom is -0.351 e. The van der Waals surface area contributed by atoms with Crippen LogP contribution in [0.3, 0.4) is 0 Å². The number of amides is 1. The number of rotatable bonds is 1. The van der Waals surface area contributed by atoms with Gasteiger partial charge in [-0.2, -0.15) is 0 Å². The molecule has 0 aromatic carbocycles. The smallest absolute Gasteiger partial charge is 0.256 e. The number of aromatic nitrogens is 1. The van der Waals surface area contributed by atoms with E-state index in [-0.39, 0.29) is 11.8 Å². The Labute approximate surface area is 98.9 Å². The summed E-state index contributed by atoms with van der Waals surface area (Å²) in [5.41, 5.74) is 0.905. The molecule has 1 saturated heterocycles. The van der Waals surface area contributed by atoms with Crippen molar-refractivity contribution in [3.63, 3.8) is 0 Å². The molecule has 1 unspecified atom stereocenters. The van der Waals surface area contributed by atoms with Crippen molar-refractivity contribution in [3.05, 3.63) is 24.4 Å². The molecule has 5 heteroatoms. The second-order valence-electron chi connectivity index (χ2n) is 4.15. The lowest BCUT2D eigenvalue weighted by Crippen LogP contribution is -2.45. The highest BCUT2D eigenvalue weighted by Crippen LogP contribution is 2.22. The lowest BCUT2D eigenvalue weighted by Gasteiger charge is -2.33. The Balaban J connectivity index is 1.83. The zero-order chi connectivity index (χ0) is 11.7. The van der Waals surface area contributed by atoms with Gasteiger partial charge in [-0.3, -0.25) is 4.79 Å². The molecule has 17 heavy (non-hydrogen) atoms. The van der Waals surface area contributed by atoms with Crippen LogP contribution >= 0.6 is 0 Å². The topological polar surface area (TPSA) is 57.9 Å². The Hall–Kier alpha value is -2.04. The molecule has 1 aromatic rings. The number of anilines is 1. The first-order valence-electron chi connectivity index (χ1n) is 5.63. The highest BCUT2D eigenvalue weighted by molar-refractivity contribution is 6.13. The van der Waals surface area contributed by atoms with E-state index in [2.05, 4.69) is 19.9 Å². The summed E-state index contributed by atoms with van der Waals surface area (Å²) >= 11 is 0. The molecular weight excluding hydrogens is 216 g/mol. The quantitative estimate of drug-likeness (QED) is 0.718. The molecule has 1 atom stereocenters. The average Bonchev–Trinajstić information content (AvgIpc) is 2.40. The van der Waals surface area contributed by atoms with Crippen LogP contribution in [0.15, 0.2) is 34.4 Å². The Morgan fingerprint density at radius 3 is 3.12 bits per heavy atom. The molecule has 0 radical (unpaired) electrons. The summed E-state index contributed by atoms with van der Waals surface area (Å²) in [6.45, 7) is 1.49. The highest BCUT2D eigenvalue weighted by Gasteiger charge is 2.32. The summed E-state index contributed by atoms with van der Waals surface area (Å²) in [5.74, 6) is 0.763. The second kappa shape index (κ2) is 4.08. The van der Waals surface area contributed by atoms with E-state index in [1.165, 1.54) is 6.34 Å². The van der Waals surface area contributed by atoms with Crippen molar-refractivity contribution in [2.24, 2.45) is 15.9 Å². The van der Waals surface area contributed by atoms with Gasteiger partial charge in [0.2, 0.25) is 0 Å². The van der Waals surface area contributed by atoms with Crippen molar-refractivity contribution < 1.29 is 4.79 Å². The lowest BCUT2D eigenvalue weighted by molar-refractivity contribution is -0.119. The summed E-state index contributed by atoms with van der Waals surface area (Å²) < 4.78 is 0. The fourth-order valence-corrected chi connectivity index (χ4v) is 2.22. The fourth-order valence-electron chi connectivity index (χ4n) is 2.22. The van der Waals surface area contributed by atoms with Gasteiger partial charge in [0.25, 0.3) is 5.91 Å². The van der Waals surface area contributed by atoms with Crippen LogP contribution in [0.25, 0.3) is 0 Å². The summed E-state index contributed by atoms with van der Waals surface area (Å²) in [4.78, 5) is 25.9. The van der Waals surface area contributed by atoms with E-state index in [0.717, 1.165) is 24.5 Å². The number of pyridine rings is 1. The monoisotopic (exact) mass is 228 g/mol. The minimum atomic E-state index is -0.111. The van der Waals surface area contributed by atoms with Gasteiger partial charge in [0.05, 0.1) is 18.2 Å². The summed E-state index contributed by atoms with van der Waals surface area (Å²) in [7, 11) is 0. The molecule has 0 aliphatic carbocycles. The molecule has 2 aliphatic rings. The Kier molecular flexibility index (Phi) is 2.44. The van der Waals surface area contributed by atoms with E-state index in [4.69, 9.17) is 0 Å². The SMILES string of the molecule is O=C1N=CN=C2CN(c3ccccn3)CCC12. The maximum atomic E-state index is 11.6. The van der Waals surface area contributed by atoms with Gasteiger partial charge in [0.1, 0.15) is 12.2 Å². The lowest BCUT2D eigenvalue weighted by atomic mass is 9.93. The van der Waals surface area contributed by atoms with Gasteiger partial charge in [0.15, 0.2) is 0 Å². The number of aliphatic imine (C=N–C) groups is 2. The van der Waals surface area contributed by atoms with Crippen molar-refractivity contribution in [1.82, 2.24) is 4.98 Å². The van der Waals surface area contributed by atoms with Gasteiger partial charge in [-0.15, -0.1) is 0 Å². The maximum absolute atomic E-state index is 11.6. The average molecular weight is 228 g/mol. The van der Waals surface area contributed by atoms with Crippen LogP contribution in [0.4, 0.5) is 5.82 Å². The van der Waals surface area contributed by atoms with Crippen LogP contribution in [-0.4, -0.2) is 36.0 Å². The van der Waals surface area contributed by atoms with Gasteiger partial charge in [-0.1, -0.05) is 6.07 Å². The van der Waals surface area contributed by atoms with E-state index < -0.39 is 0 Å². The predicted octanol–water partition coefficient (Wildman–Crippen LogP) is 0.917. The Bertz CT molecular complexity index is 494. The number of nitrogens with zero attached hydrogens (tertiary/aromatic N) is 4. The number of fused-ring (bicyclic) bond motifs is 1. The normalized spacial score (nSPS) is 23.3. The molecule has 0 spiro atoms. The standard InChI is InChI=1S/C12H12N4O/c17-12-9-4-6-16(7-10(9)14-8-15-12)11-3-1-2-5-13-11/h1-3,5,8-9H,4,6-7H2. The van der Waals surface area contributed by atoms with Crippen LogP contribution < -0.4 is 4.90 Å². The first-order valence-corrected chi connectivity index (χ1v) is 5.63. The van der Waals surface area contributed by atoms with Gasteiger partial charge in [0, 0.05) is 12.7 Å². The van der Waals surface area contributed by atoms with E-state index in [0.29, 0.717) is 6.54 Å². The van der Waals surface area contributed by atoms with E-state index in [1.54, 1.807) is 6.20 Å². The predicted molar refractivity (Wildman–Crippen MR) is 65.5 cm³/mol. The molecule has 3 rings (SSSR count). The van der Waals surface area contributed by atoms with E-state index >= 15 is 0 Å². The van der Waals surface area contributed by atoms with E-state index in [1.807, 2.05) is 18.2 Å². The molecular formula is C12H12N4O. The maximum Gasteiger partial charge on any atom is 0.256 e. The van der Waals surface area contributed by atoms with E-state index in [9.17, 15) is 4.79 Å². The van der Waals surface area contributed by atoms with Crippen molar-refractivity contribution in [3.8, 4) is 0 Å². The van der Waals surface area contributed by atoms with Crippen LogP contribution in [0.2, 0.25) is 0 Å². The van der Waals surface area contributed by atoms with Gasteiger partial charge in [-0.05, 0) is 18.6 Å². The van der Waals surface area contributed by atoms with Crippen molar-refractivity contribution in [1.29, 1.82) is 0 Å². The van der Waals surface area contributed by atoms with Gasteiger partial charge < -0.3 is 4.90 Å². The molecule has 2 aliphatic heterocycles. The number of hydrogen-bond donors (Lipinski definition) is 0. The van der Waals surface area contributed by atoms with Crippen molar-refractivity contribution in [2.45, 2.75) is 6.42 Å². The molecule has 0 bridgehead atoms.